The highest BCUT2D eigenvalue weighted by Gasteiger charge is 2.05. The minimum absolute atomic E-state index is 0.107. The van der Waals surface area contributed by atoms with Crippen molar-refractivity contribution in [2.75, 3.05) is 13.7 Å². The molecule has 14 heavy (non-hydrogen) atoms. The van der Waals surface area contributed by atoms with E-state index < -0.39 is 0 Å². The van der Waals surface area contributed by atoms with E-state index in [2.05, 4.69) is 20.9 Å². The molecule has 3 nitrogen and oxygen atoms in total. The molecule has 1 rings (SSSR count). The Kier molecular flexibility index (Phi) is 4.76. The van der Waals surface area contributed by atoms with Crippen LogP contribution in [0.25, 0.3) is 0 Å². The third-order valence-corrected chi connectivity index (χ3v) is 2.21. The fourth-order valence-corrected chi connectivity index (χ4v) is 1.45. The first-order valence-electron chi connectivity index (χ1n) is 4.36. The molecule has 1 aromatic heterocycles. The Hall–Kier alpha value is -0.740. The van der Waals surface area contributed by atoms with E-state index in [0.29, 0.717) is 18.6 Å². The number of carbonyl (C=O) groups is 1. The van der Waals surface area contributed by atoms with Crippen LogP contribution in [0.15, 0.2) is 22.9 Å². The van der Waals surface area contributed by atoms with Crippen molar-refractivity contribution in [2.24, 2.45) is 0 Å². The fraction of sp³-hybridized carbons (Fsp3) is 0.400. The number of carbonyl (C=O) groups excluding carboxylic acids is 1. The summed E-state index contributed by atoms with van der Waals surface area (Å²) >= 11 is 3.27. The number of hydrogen-bond donors (Lipinski definition) is 0. The maximum atomic E-state index is 11.6. The molecule has 0 radical (unpaired) electrons. The second-order valence-electron chi connectivity index (χ2n) is 2.91. The summed E-state index contributed by atoms with van der Waals surface area (Å²) in [5.41, 5.74) is 0.649. The van der Waals surface area contributed by atoms with Gasteiger partial charge in [0.05, 0.1) is 0 Å². The Bertz CT molecular complexity index is 315. The maximum absolute atomic E-state index is 11.6. The highest BCUT2D eigenvalue weighted by atomic mass is 79.9. The lowest BCUT2D eigenvalue weighted by Crippen LogP contribution is -2.01. The molecule has 76 valence electrons. The molecule has 0 unspecified atom stereocenters. The topological polar surface area (TPSA) is 39.2 Å². The van der Waals surface area contributed by atoms with Gasteiger partial charge in [0.25, 0.3) is 0 Å². The van der Waals surface area contributed by atoms with Crippen molar-refractivity contribution in [1.29, 1.82) is 0 Å². The molecule has 0 aliphatic heterocycles. The lowest BCUT2D eigenvalue weighted by Gasteiger charge is -2.00. The molecule has 0 saturated carbocycles. The number of ketones is 1. The van der Waals surface area contributed by atoms with Gasteiger partial charge >= 0.3 is 0 Å². The van der Waals surface area contributed by atoms with Gasteiger partial charge in [-0.1, -0.05) is 0 Å². The van der Waals surface area contributed by atoms with Crippen molar-refractivity contribution in [3.63, 3.8) is 0 Å². The van der Waals surface area contributed by atoms with Crippen molar-refractivity contribution in [3.05, 3.63) is 28.5 Å². The number of methoxy groups -OCH3 is 1. The molecule has 1 heterocycles. The SMILES string of the molecule is COCCCC(=O)c1cncc(Br)c1. The first kappa shape index (κ1) is 11.3. The molecule has 0 saturated heterocycles. The standard InChI is InChI=1S/C10H12BrNO2/c1-14-4-2-3-10(13)8-5-9(11)7-12-6-8/h5-7H,2-4H2,1H3. The molecule has 0 atom stereocenters. The van der Waals surface area contributed by atoms with Crippen molar-refractivity contribution in [1.82, 2.24) is 4.98 Å². The summed E-state index contributed by atoms with van der Waals surface area (Å²) in [4.78, 5) is 15.5. The number of hydrogen-bond acceptors (Lipinski definition) is 3. The molecule has 0 spiro atoms. The third-order valence-electron chi connectivity index (χ3n) is 1.78. The number of ether oxygens (including phenoxy) is 1. The monoisotopic (exact) mass is 257 g/mol. The van der Waals surface area contributed by atoms with Crippen molar-refractivity contribution < 1.29 is 9.53 Å². The van der Waals surface area contributed by atoms with E-state index in [0.717, 1.165) is 10.9 Å². The summed E-state index contributed by atoms with van der Waals surface area (Å²) < 4.78 is 5.70. The van der Waals surface area contributed by atoms with E-state index in [1.165, 1.54) is 0 Å². The van der Waals surface area contributed by atoms with E-state index in [4.69, 9.17) is 4.74 Å². The van der Waals surface area contributed by atoms with Crippen LogP contribution in [0.1, 0.15) is 23.2 Å². The van der Waals surface area contributed by atoms with E-state index in [1.807, 2.05) is 0 Å². The van der Waals surface area contributed by atoms with Crippen LogP contribution in [0.3, 0.4) is 0 Å². The quantitative estimate of drug-likeness (QED) is 0.601. The molecule has 1 aromatic rings. The summed E-state index contributed by atoms with van der Waals surface area (Å²) in [5.74, 6) is 0.107. The number of rotatable bonds is 5. The van der Waals surface area contributed by atoms with Crippen LogP contribution in [0.5, 0.6) is 0 Å². The van der Waals surface area contributed by atoms with Crippen LogP contribution < -0.4 is 0 Å². The van der Waals surface area contributed by atoms with E-state index >= 15 is 0 Å². The predicted molar refractivity (Wildman–Crippen MR) is 57.4 cm³/mol. The summed E-state index contributed by atoms with van der Waals surface area (Å²) in [6, 6.07) is 1.78. The predicted octanol–water partition coefficient (Wildman–Crippen LogP) is 2.45. The zero-order chi connectivity index (χ0) is 10.4. The molecule has 0 N–H and O–H groups in total. The fourth-order valence-electron chi connectivity index (χ4n) is 1.09. The molecule has 0 aliphatic carbocycles. The Morgan fingerprint density at radius 2 is 2.36 bits per heavy atom. The Morgan fingerprint density at radius 3 is 3.00 bits per heavy atom. The average molecular weight is 258 g/mol. The van der Waals surface area contributed by atoms with Crippen LogP contribution in [0, 0.1) is 0 Å². The number of halogens is 1. The minimum atomic E-state index is 0.107. The summed E-state index contributed by atoms with van der Waals surface area (Å²) in [7, 11) is 1.63. The number of pyridine rings is 1. The number of nitrogens with zero attached hydrogens (tertiary/aromatic N) is 1. The highest BCUT2D eigenvalue weighted by Crippen LogP contribution is 2.11. The molecular weight excluding hydrogens is 246 g/mol. The Balaban J connectivity index is 2.52. The summed E-state index contributed by atoms with van der Waals surface area (Å²) in [6.45, 7) is 0.618. The van der Waals surface area contributed by atoms with Gasteiger partial charge in [-0.15, -0.1) is 0 Å². The van der Waals surface area contributed by atoms with Crippen LogP contribution in [-0.4, -0.2) is 24.5 Å². The molecule has 0 amide bonds. The Labute approximate surface area is 91.6 Å². The first-order valence-corrected chi connectivity index (χ1v) is 5.16. The second kappa shape index (κ2) is 5.88. The van der Waals surface area contributed by atoms with E-state index in [-0.39, 0.29) is 5.78 Å². The zero-order valence-corrected chi connectivity index (χ0v) is 9.58. The van der Waals surface area contributed by atoms with Crippen molar-refractivity contribution in [2.45, 2.75) is 12.8 Å². The van der Waals surface area contributed by atoms with Crippen molar-refractivity contribution in [3.8, 4) is 0 Å². The lowest BCUT2D eigenvalue weighted by molar-refractivity contribution is 0.0963. The van der Waals surface area contributed by atoms with Gasteiger partial charge in [-0.2, -0.15) is 0 Å². The smallest absolute Gasteiger partial charge is 0.164 e. The minimum Gasteiger partial charge on any atom is -0.385 e. The Morgan fingerprint density at radius 1 is 1.57 bits per heavy atom. The molecular formula is C10H12BrNO2. The van der Waals surface area contributed by atoms with Gasteiger partial charge < -0.3 is 4.74 Å². The molecule has 0 fully saturated rings. The van der Waals surface area contributed by atoms with Crippen LogP contribution in [0.2, 0.25) is 0 Å². The molecule has 4 heteroatoms. The normalized spacial score (nSPS) is 10.1. The summed E-state index contributed by atoms with van der Waals surface area (Å²) in [6.07, 6.45) is 4.50. The van der Waals surface area contributed by atoms with Crippen LogP contribution >= 0.6 is 15.9 Å². The van der Waals surface area contributed by atoms with Crippen LogP contribution in [-0.2, 0) is 4.74 Å². The lowest BCUT2D eigenvalue weighted by atomic mass is 10.1. The number of aromatic nitrogens is 1. The second-order valence-corrected chi connectivity index (χ2v) is 3.83. The van der Waals surface area contributed by atoms with Gasteiger partial charge in [-0.25, -0.2) is 0 Å². The zero-order valence-electron chi connectivity index (χ0n) is 8.00. The van der Waals surface area contributed by atoms with Gasteiger partial charge in [0, 0.05) is 42.6 Å². The molecule has 0 aliphatic rings. The van der Waals surface area contributed by atoms with Gasteiger partial charge in [-0.3, -0.25) is 9.78 Å². The van der Waals surface area contributed by atoms with Gasteiger partial charge in [0.15, 0.2) is 5.78 Å². The van der Waals surface area contributed by atoms with Gasteiger partial charge in [0.1, 0.15) is 0 Å². The van der Waals surface area contributed by atoms with E-state index in [1.54, 1.807) is 25.6 Å². The molecule has 0 aromatic carbocycles. The highest BCUT2D eigenvalue weighted by molar-refractivity contribution is 9.10. The number of Topliss-reactive ketones (excluding diaryl/α,β-unsaturated/α-hetero) is 1. The average Bonchev–Trinajstić information content (AvgIpc) is 2.18. The van der Waals surface area contributed by atoms with Crippen LogP contribution in [0.4, 0.5) is 0 Å². The summed E-state index contributed by atoms with van der Waals surface area (Å²) in [5, 5.41) is 0. The maximum Gasteiger partial charge on any atom is 0.164 e. The van der Waals surface area contributed by atoms with Gasteiger partial charge in [0.2, 0.25) is 0 Å². The van der Waals surface area contributed by atoms with Crippen molar-refractivity contribution >= 4 is 21.7 Å². The first-order chi connectivity index (χ1) is 6.74. The molecule has 0 bridgehead atoms. The van der Waals surface area contributed by atoms with E-state index in [9.17, 15) is 4.79 Å². The largest absolute Gasteiger partial charge is 0.385 e. The third kappa shape index (κ3) is 3.55. The van der Waals surface area contributed by atoms with Gasteiger partial charge in [-0.05, 0) is 28.4 Å².